The second-order valence-electron chi connectivity index (χ2n) is 5.51. The van der Waals surface area contributed by atoms with Gasteiger partial charge in [-0.05, 0) is 13.0 Å². The van der Waals surface area contributed by atoms with Crippen LogP contribution < -0.4 is 10.6 Å². The molecule has 2 rings (SSSR count). The number of hydrogen-bond acceptors (Lipinski definition) is 7. The SMILES string of the molecule is COC[C@@H](C)N=C1NC(=O)[C@@H](CC(=O)Nc2cc([N+](=O)[O-])ccc2Cl)S1. The van der Waals surface area contributed by atoms with E-state index in [1.165, 1.54) is 18.2 Å². The van der Waals surface area contributed by atoms with Crippen molar-refractivity contribution >= 4 is 51.7 Å². The molecular weight excluding hydrogens is 384 g/mol. The summed E-state index contributed by atoms with van der Waals surface area (Å²) in [5.74, 6) is -0.801. The number of hydrogen-bond donors (Lipinski definition) is 2. The number of carbonyl (C=O) groups excluding carboxylic acids is 2. The average molecular weight is 401 g/mol. The first kappa shape index (κ1) is 20.1. The molecule has 11 heteroatoms. The van der Waals surface area contributed by atoms with Crippen molar-refractivity contribution in [1.82, 2.24) is 5.32 Å². The molecule has 0 radical (unpaired) electrons. The van der Waals surface area contributed by atoms with Crippen molar-refractivity contribution < 1.29 is 19.2 Å². The van der Waals surface area contributed by atoms with E-state index in [2.05, 4.69) is 15.6 Å². The highest BCUT2D eigenvalue weighted by Crippen LogP contribution is 2.28. The van der Waals surface area contributed by atoms with Gasteiger partial charge in [0.2, 0.25) is 11.8 Å². The summed E-state index contributed by atoms with van der Waals surface area (Å²) in [5.41, 5.74) is -0.0730. The zero-order chi connectivity index (χ0) is 19.3. The van der Waals surface area contributed by atoms with Crippen molar-refractivity contribution in [2.45, 2.75) is 24.6 Å². The molecule has 26 heavy (non-hydrogen) atoms. The average Bonchev–Trinajstić information content (AvgIpc) is 2.88. The third-order valence-electron chi connectivity index (χ3n) is 3.33. The van der Waals surface area contributed by atoms with E-state index in [1.54, 1.807) is 7.11 Å². The van der Waals surface area contributed by atoms with Crippen LogP contribution in [0.1, 0.15) is 13.3 Å². The molecule has 1 fully saturated rings. The van der Waals surface area contributed by atoms with Crippen LogP contribution in [0.4, 0.5) is 11.4 Å². The van der Waals surface area contributed by atoms with Crippen molar-refractivity contribution in [2.24, 2.45) is 4.99 Å². The smallest absolute Gasteiger partial charge is 0.271 e. The van der Waals surface area contributed by atoms with Crippen LogP contribution in [0.3, 0.4) is 0 Å². The van der Waals surface area contributed by atoms with Crippen LogP contribution in [0, 0.1) is 10.1 Å². The molecular formula is C15H17ClN4O5S. The number of halogens is 1. The highest BCUT2D eigenvalue weighted by Gasteiger charge is 2.32. The molecule has 9 nitrogen and oxygen atoms in total. The predicted molar refractivity (Wildman–Crippen MR) is 99.6 cm³/mol. The molecule has 1 heterocycles. The Bertz CT molecular complexity index is 758. The second kappa shape index (κ2) is 8.97. The van der Waals surface area contributed by atoms with Gasteiger partial charge in [-0.2, -0.15) is 0 Å². The molecule has 0 unspecified atom stereocenters. The number of methoxy groups -OCH3 is 1. The fourth-order valence-corrected chi connectivity index (χ4v) is 3.41. The number of nitrogens with zero attached hydrogens (tertiary/aromatic N) is 2. The lowest BCUT2D eigenvalue weighted by atomic mass is 10.2. The standard InChI is InChI=1S/C15H17ClN4O5S/c1-8(7-25-2)17-15-19-14(22)12(26-15)6-13(21)18-11-5-9(20(23)24)3-4-10(11)16/h3-5,8,12H,6-7H2,1-2H3,(H,18,21)(H,17,19,22)/t8-,12-/m1/s1. The molecule has 2 N–H and O–H groups in total. The Labute approximate surface area is 158 Å². The monoisotopic (exact) mass is 400 g/mol. The number of anilines is 1. The van der Waals surface area contributed by atoms with Gasteiger partial charge in [-0.15, -0.1) is 0 Å². The summed E-state index contributed by atoms with van der Waals surface area (Å²) in [7, 11) is 1.56. The van der Waals surface area contributed by atoms with Gasteiger partial charge in [0.05, 0.1) is 28.3 Å². The Morgan fingerprint density at radius 3 is 2.96 bits per heavy atom. The van der Waals surface area contributed by atoms with Crippen molar-refractivity contribution in [3.8, 4) is 0 Å². The number of thioether (sulfide) groups is 1. The van der Waals surface area contributed by atoms with Crippen LogP contribution in [-0.2, 0) is 14.3 Å². The fourth-order valence-electron chi connectivity index (χ4n) is 2.17. The molecule has 1 aliphatic heterocycles. The summed E-state index contributed by atoms with van der Waals surface area (Å²) in [4.78, 5) is 38.7. The van der Waals surface area contributed by atoms with Gasteiger partial charge in [0.1, 0.15) is 5.25 Å². The van der Waals surface area contributed by atoms with Crippen LogP contribution in [0.2, 0.25) is 5.02 Å². The zero-order valence-corrected chi connectivity index (χ0v) is 15.6. The second-order valence-corrected chi connectivity index (χ2v) is 7.11. The normalized spacial score (nSPS) is 19.3. The number of aliphatic imine (C=N–C) groups is 1. The summed E-state index contributed by atoms with van der Waals surface area (Å²) < 4.78 is 4.98. The van der Waals surface area contributed by atoms with Crippen LogP contribution in [0.25, 0.3) is 0 Å². The molecule has 140 valence electrons. The summed E-state index contributed by atoms with van der Waals surface area (Å²) in [5, 5.41) is 15.9. The number of ether oxygens (including phenoxy) is 1. The maximum absolute atomic E-state index is 12.2. The molecule has 2 atom stereocenters. The molecule has 0 aromatic heterocycles. The van der Waals surface area contributed by atoms with E-state index in [4.69, 9.17) is 16.3 Å². The maximum atomic E-state index is 12.2. The van der Waals surface area contributed by atoms with Crippen LogP contribution in [0.15, 0.2) is 23.2 Å². The lowest BCUT2D eigenvalue weighted by Gasteiger charge is -2.09. The van der Waals surface area contributed by atoms with Gasteiger partial charge in [-0.25, -0.2) is 0 Å². The van der Waals surface area contributed by atoms with Crippen LogP contribution in [-0.4, -0.2) is 46.9 Å². The molecule has 0 saturated carbocycles. The molecule has 1 aromatic carbocycles. The van der Waals surface area contributed by atoms with E-state index in [0.29, 0.717) is 11.8 Å². The van der Waals surface area contributed by atoms with Crippen molar-refractivity contribution in [1.29, 1.82) is 0 Å². The van der Waals surface area contributed by atoms with Gasteiger partial charge in [0.15, 0.2) is 5.17 Å². The Morgan fingerprint density at radius 1 is 1.58 bits per heavy atom. The number of benzene rings is 1. The fraction of sp³-hybridized carbons (Fsp3) is 0.400. The first-order valence-electron chi connectivity index (χ1n) is 7.58. The maximum Gasteiger partial charge on any atom is 0.271 e. The lowest BCUT2D eigenvalue weighted by molar-refractivity contribution is -0.384. The highest BCUT2D eigenvalue weighted by atomic mass is 35.5. The molecule has 1 aromatic rings. The van der Waals surface area contributed by atoms with E-state index < -0.39 is 16.1 Å². The Hall–Kier alpha value is -2.17. The van der Waals surface area contributed by atoms with Gasteiger partial charge >= 0.3 is 0 Å². The third-order valence-corrected chi connectivity index (χ3v) is 4.75. The van der Waals surface area contributed by atoms with E-state index in [-0.39, 0.29) is 34.8 Å². The molecule has 0 spiro atoms. The van der Waals surface area contributed by atoms with Crippen molar-refractivity contribution in [3.63, 3.8) is 0 Å². The van der Waals surface area contributed by atoms with E-state index >= 15 is 0 Å². The number of nitro groups is 1. The number of rotatable bonds is 7. The quantitative estimate of drug-likeness (QED) is 0.534. The molecule has 1 aliphatic rings. The van der Waals surface area contributed by atoms with E-state index in [9.17, 15) is 19.7 Å². The summed E-state index contributed by atoms with van der Waals surface area (Å²) in [6, 6.07) is 3.61. The van der Waals surface area contributed by atoms with Crippen molar-refractivity contribution in [2.75, 3.05) is 19.0 Å². The van der Waals surface area contributed by atoms with E-state index in [1.807, 2.05) is 6.92 Å². The third kappa shape index (κ3) is 5.41. The lowest BCUT2D eigenvalue weighted by Crippen LogP contribution is -2.28. The van der Waals surface area contributed by atoms with Gasteiger partial charge in [-0.1, -0.05) is 23.4 Å². The highest BCUT2D eigenvalue weighted by molar-refractivity contribution is 8.15. The Balaban J connectivity index is 1.99. The number of nitrogens with one attached hydrogen (secondary N) is 2. The minimum Gasteiger partial charge on any atom is -0.382 e. The summed E-state index contributed by atoms with van der Waals surface area (Å²) >= 11 is 7.10. The summed E-state index contributed by atoms with van der Waals surface area (Å²) in [6.45, 7) is 2.25. The van der Waals surface area contributed by atoms with Gasteiger partial charge in [0.25, 0.3) is 5.69 Å². The Kier molecular flexibility index (Phi) is 6.95. The number of carbonyl (C=O) groups is 2. The predicted octanol–water partition coefficient (Wildman–Crippen LogP) is 2.20. The molecule has 0 bridgehead atoms. The first-order chi connectivity index (χ1) is 12.3. The largest absolute Gasteiger partial charge is 0.382 e. The minimum atomic E-state index is -0.638. The zero-order valence-electron chi connectivity index (χ0n) is 14.0. The van der Waals surface area contributed by atoms with Gasteiger partial charge in [-0.3, -0.25) is 24.7 Å². The van der Waals surface area contributed by atoms with E-state index in [0.717, 1.165) is 11.8 Å². The molecule has 1 saturated heterocycles. The first-order valence-corrected chi connectivity index (χ1v) is 8.84. The number of nitro benzene ring substituents is 1. The van der Waals surface area contributed by atoms with Gasteiger partial charge < -0.3 is 15.4 Å². The molecule has 0 aliphatic carbocycles. The number of amides is 2. The minimum absolute atomic E-state index is 0.118. The van der Waals surface area contributed by atoms with Crippen molar-refractivity contribution in [3.05, 3.63) is 33.3 Å². The topological polar surface area (TPSA) is 123 Å². The molecule has 2 amide bonds. The van der Waals surface area contributed by atoms with Crippen LogP contribution in [0.5, 0.6) is 0 Å². The van der Waals surface area contributed by atoms with Crippen LogP contribution >= 0.6 is 23.4 Å². The Morgan fingerprint density at radius 2 is 2.31 bits per heavy atom. The summed E-state index contributed by atoms with van der Waals surface area (Å²) in [6.07, 6.45) is -0.118. The number of non-ortho nitro benzene ring substituents is 1. The number of amidine groups is 1. The van der Waals surface area contributed by atoms with Gasteiger partial charge in [0, 0.05) is 25.7 Å².